The predicted octanol–water partition coefficient (Wildman–Crippen LogP) is 4.99. The smallest absolute Gasteiger partial charge is 0.423 e. The summed E-state index contributed by atoms with van der Waals surface area (Å²) in [6.45, 7) is 2.84. The van der Waals surface area contributed by atoms with Crippen LogP contribution in [0, 0.1) is 0 Å². The first-order chi connectivity index (χ1) is 12.3. The summed E-state index contributed by atoms with van der Waals surface area (Å²) >= 11 is 11.5. The summed E-state index contributed by atoms with van der Waals surface area (Å²) in [6, 6.07) is 12.4. The van der Waals surface area contributed by atoms with Crippen molar-refractivity contribution in [1.82, 2.24) is 0 Å². The highest BCUT2D eigenvalue weighted by Gasteiger charge is 2.24. The predicted molar refractivity (Wildman–Crippen MR) is 98.1 cm³/mol. The van der Waals surface area contributed by atoms with Crippen molar-refractivity contribution in [2.24, 2.45) is 0 Å². The van der Waals surface area contributed by atoms with Gasteiger partial charge in [0.1, 0.15) is 0 Å². The van der Waals surface area contributed by atoms with Crippen LogP contribution in [0.2, 0.25) is 10.0 Å². The zero-order valence-corrected chi connectivity index (χ0v) is 15.6. The van der Waals surface area contributed by atoms with Crippen LogP contribution in [0.4, 0.5) is 4.79 Å². The number of ether oxygens (including phenoxy) is 2. The lowest BCUT2D eigenvalue weighted by Crippen LogP contribution is -2.29. The van der Waals surface area contributed by atoms with E-state index in [0.29, 0.717) is 21.2 Å². The van der Waals surface area contributed by atoms with Crippen LogP contribution in [-0.2, 0) is 9.47 Å². The Labute approximate surface area is 160 Å². The molecule has 0 N–H and O–H groups in total. The molecule has 0 aliphatic rings. The first kappa shape index (κ1) is 19.9. The van der Waals surface area contributed by atoms with Gasteiger partial charge in [0.05, 0.1) is 0 Å². The van der Waals surface area contributed by atoms with E-state index in [9.17, 15) is 14.4 Å². The minimum atomic E-state index is -1.10. The van der Waals surface area contributed by atoms with E-state index in [1.807, 2.05) is 0 Å². The molecule has 0 radical (unpaired) electrons. The molecule has 26 heavy (non-hydrogen) atoms. The topological polar surface area (TPSA) is 69.7 Å². The Balaban J connectivity index is 1.92. The summed E-state index contributed by atoms with van der Waals surface area (Å²) in [5.74, 6) is -0.814. The molecule has 136 valence electrons. The Morgan fingerprint density at radius 3 is 1.31 bits per heavy atom. The van der Waals surface area contributed by atoms with Crippen molar-refractivity contribution in [3.8, 4) is 0 Å². The summed E-state index contributed by atoms with van der Waals surface area (Å²) < 4.78 is 9.91. The molecule has 0 aliphatic heterocycles. The number of carbonyl (C=O) groups is 3. The molecule has 0 amide bonds. The SMILES string of the molecule is CC(OC(=O)OC(C)C(=O)c1ccc(Cl)cc1)C(=O)c1ccc(Cl)cc1. The fraction of sp³-hybridized carbons (Fsp3) is 0.211. The number of Topliss-reactive ketones (excluding diaryl/α,β-unsaturated/α-hetero) is 2. The zero-order chi connectivity index (χ0) is 19.3. The molecule has 0 bridgehead atoms. The third-order valence-electron chi connectivity index (χ3n) is 3.54. The molecule has 2 unspecified atom stereocenters. The third-order valence-corrected chi connectivity index (χ3v) is 4.05. The van der Waals surface area contributed by atoms with Crippen LogP contribution in [0.15, 0.2) is 48.5 Å². The van der Waals surface area contributed by atoms with E-state index in [1.165, 1.54) is 38.1 Å². The van der Waals surface area contributed by atoms with E-state index in [-0.39, 0.29) is 0 Å². The van der Waals surface area contributed by atoms with Gasteiger partial charge in [-0.2, -0.15) is 0 Å². The monoisotopic (exact) mass is 394 g/mol. The average Bonchev–Trinajstić information content (AvgIpc) is 2.61. The Bertz CT molecular complexity index is 732. The number of halogens is 2. The van der Waals surface area contributed by atoms with Crippen molar-refractivity contribution < 1.29 is 23.9 Å². The average molecular weight is 395 g/mol. The van der Waals surface area contributed by atoms with Gasteiger partial charge in [0.25, 0.3) is 0 Å². The van der Waals surface area contributed by atoms with Crippen molar-refractivity contribution >= 4 is 40.9 Å². The maximum absolute atomic E-state index is 12.2. The molecule has 5 nitrogen and oxygen atoms in total. The maximum Gasteiger partial charge on any atom is 0.509 e. The first-order valence-electron chi connectivity index (χ1n) is 7.74. The zero-order valence-electron chi connectivity index (χ0n) is 14.1. The summed E-state index contributed by atoms with van der Waals surface area (Å²) in [4.78, 5) is 36.3. The van der Waals surface area contributed by atoms with Gasteiger partial charge in [-0.1, -0.05) is 23.2 Å². The number of benzene rings is 2. The van der Waals surface area contributed by atoms with Gasteiger partial charge in [-0.15, -0.1) is 0 Å². The van der Waals surface area contributed by atoms with Crippen molar-refractivity contribution in [2.75, 3.05) is 0 Å². The molecule has 0 aliphatic carbocycles. The van der Waals surface area contributed by atoms with Gasteiger partial charge in [-0.05, 0) is 62.4 Å². The summed E-state index contributed by atoms with van der Waals surface area (Å²) in [5.41, 5.74) is 0.694. The molecule has 0 heterocycles. The van der Waals surface area contributed by atoms with Crippen molar-refractivity contribution in [1.29, 1.82) is 0 Å². The van der Waals surface area contributed by atoms with Crippen molar-refractivity contribution in [3.63, 3.8) is 0 Å². The van der Waals surface area contributed by atoms with E-state index >= 15 is 0 Å². The second-order valence-corrected chi connectivity index (χ2v) is 6.39. The van der Waals surface area contributed by atoms with Crippen molar-refractivity contribution in [3.05, 3.63) is 69.7 Å². The molecule has 0 spiro atoms. The minimum absolute atomic E-state index is 0.347. The lowest BCUT2D eigenvalue weighted by Gasteiger charge is -2.15. The first-order valence-corrected chi connectivity index (χ1v) is 8.50. The third kappa shape index (κ3) is 5.31. The number of rotatable bonds is 6. The van der Waals surface area contributed by atoms with Gasteiger partial charge in [0, 0.05) is 21.2 Å². The standard InChI is InChI=1S/C19H16Cl2O5/c1-11(17(22)13-3-7-15(20)8-4-13)25-19(24)26-12(2)18(23)14-5-9-16(21)10-6-14/h3-12H,1-2H3. The molecular weight excluding hydrogens is 379 g/mol. The maximum atomic E-state index is 12.2. The number of ketones is 2. The number of hydrogen-bond acceptors (Lipinski definition) is 5. The Kier molecular flexibility index (Phi) is 6.77. The molecule has 2 atom stereocenters. The minimum Gasteiger partial charge on any atom is -0.423 e. The molecule has 0 saturated heterocycles. The fourth-order valence-electron chi connectivity index (χ4n) is 2.12. The molecule has 0 fully saturated rings. The number of hydrogen-bond donors (Lipinski definition) is 0. The van der Waals surface area contributed by atoms with E-state index in [0.717, 1.165) is 0 Å². The Morgan fingerprint density at radius 1 is 0.692 bits per heavy atom. The molecule has 2 rings (SSSR count). The molecule has 0 saturated carbocycles. The van der Waals surface area contributed by atoms with E-state index in [4.69, 9.17) is 32.7 Å². The highest BCUT2D eigenvalue weighted by atomic mass is 35.5. The van der Waals surface area contributed by atoms with Crippen LogP contribution in [0.1, 0.15) is 34.6 Å². The summed E-state index contributed by atoms with van der Waals surface area (Å²) in [5, 5.41) is 0.980. The Morgan fingerprint density at radius 2 is 1.00 bits per heavy atom. The van der Waals surface area contributed by atoms with Crippen LogP contribution >= 0.6 is 23.2 Å². The van der Waals surface area contributed by atoms with Gasteiger partial charge in [-0.3, -0.25) is 9.59 Å². The normalized spacial score (nSPS) is 12.8. The second-order valence-electron chi connectivity index (χ2n) is 5.51. The van der Waals surface area contributed by atoms with Gasteiger partial charge in [-0.25, -0.2) is 4.79 Å². The summed E-state index contributed by atoms with van der Waals surface area (Å²) in [7, 11) is 0. The quantitative estimate of drug-likeness (QED) is 0.509. The van der Waals surface area contributed by atoms with Gasteiger partial charge in [0.2, 0.25) is 11.6 Å². The highest BCUT2D eigenvalue weighted by Crippen LogP contribution is 2.15. The largest absolute Gasteiger partial charge is 0.509 e. The van der Waals surface area contributed by atoms with Crippen LogP contribution in [0.3, 0.4) is 0 Å². The van der Waals surface area contributed by atoms with E-state index < -0.39 is 29.9 Å². The van der Waals surface area contributed by atoms with Crippen molar-refractivity contribution in [2.45, 2.75) is 26.1 Å². The van der Waals surface area contributed by atoms with Crippen LogP contribution < -0.4 is 0 Å². The molecular formula is C19H16Cl2O5. The fourth-order valence-corrected chi connectivity index (χ4v) is 2.37. The second kappa shape index (κ2) is 8.83. The number of carbonyl (C=O) groups excluding carboxylic acids is 3. The molecule has 2 aromatic rings. The van der Waals surface area contributed by atoms with Gasteiger partial charge < -0.3 is 9.47 Å². The van der Waals surface area contributed by atoms with Gasteiger partial charge >= 0.3 is 6.16 Å². The Hall–Kier alpha value is -2.37. The molecule has 0 aromatic heterocycles. The highest BCUT2D eigenvalue weighted by molar-refractivity contribution is 6.31. The molecule has 7 heteroatoms. The molecule has 2 aromatic carbocycles. The van der Waals surface area contributed by atoms with Crippen LogP contribution in [0.5, 0.6) is 0 Å². The van der Waals surface area contributed by atoms with E-state index in [2.05, 4.69) is 0 Å². The summed E-state index contributed by atoms with van der Waals surface area (Å²) in [6.07, 6.45) is -3.24. The van der Waals surface area contributed by atoms with Crippen LogP contribution in [-0.4, -0.2) is 29.9 Å². The van der Waals surface area contributed by atoms with Gasteiger partial charge in [0.15, 0.2) is 12.2 Å². The lowest BCUT2D eigenvalue weighted by molar-refractivity contribution is 0.0108. The van der Waals surface area contributed by atoms with E-state index in [1.54, 1.807) is 24.3 Å². The van der Waals surface area contributed by atoms with Crippen LogP contribution in [0.25, 0.3) is 0 Å². The lowest BCUT2D eigenvalue weighted by atomic mass is 10.1.